The van der Waals surface area contributed by atoms with E-state index in [0.29, 0.717) is 42.9 Å². The van der Waals surface area contributed by atoms with Gasteiger partial charge >= 0.3 is 5.97 Å². The molecular weight excluding hydrogens is 294 g/mol. The van der Waals surface area contributed by atoms with E-state index in [-0.39, 0.29) is 12.5 Å². The van der Waals surface area contributed by atoms with Crippen LogP contribution in [0.3, 0.4) is 0 Å². The van der Waals surface area contributed by atoms with E-state index < -0.39 is 0 Å². The average Bonchev–Trinajstić information content (AvgIpc) is 2.64. The molecule has 5 nitrogen and oxygen atoms in total. The van der Waals surface area contributed by atoms with Crippen molar-refractivity contribution in [3.63, 3.8) is 0 Å². The molecule has 0 radical (unpaired) electrons. The number of nitrogens with zero attached hydrogens (tertiary/aromatic N) is 1. The number of benzene rings is 1. The van der Waals surface area contributed by atoms with Crippen molar-refractivity contribution < 1.29 is 19.0 Å². The van der Waals surface area contributed by atoms with Crippen LogP contribution < -0.4 is 9.47 Å². The molecular formula is C15H20ClNO4. The fraction of sp³-hybridized carbons (Fsp3) is 0.533. The summed E-state index contributed by atoms with van der Waals surface area (Å²) in [4.78, 5) is 13.3. The van der Waals surface area contributed by atoms with Gasteiger partial charge in [0.2, 0.25) is 0 Å². The van der Waals surface area contributed by atoms with Gasteiger partial charge in [-0.05, 0) is 31.7 Å². The second-order valence-electron chi connectivity index (χ2n) is 4.93. The third-order valence-corrected chi connectivity index (χ3v) is 3.30. The van der Waals surface area contributed by atoms with Crippen molar-refractivity contribution in [2.45, 2.75) is 19.9 Å². The lowest BCUT2D eigenvalue weighted by Gasteiger charge is -2.17. The Balaban J connectivity index is 2.05. The molecule has 0 bridgehead atoms. The van der Waals surface area contributed by atoms with E-state index in [4.69, 9.17) is 25.8 Å². The first-order valence-electron chi connectivity index (χ1n) is 7.02. The minimum Gasteiger partial charge on any atom is -0.489 e. The van der Waals surface area contributed by atoms with Crippen molar-refractivity contribution in [2.75, 3.05) is 33.4 Å². The van der Waals surface area contributed by atoms with E-state index >= 15 is 0 Å². The molecule has 0 fully saturated rings. The standard InChI is InChI=1S/C15H20ClNO4/c1-3-19-14(18)10-17(2)9-11-7-12(16)15-13(8-11)20-5-4-6-21-15/h7-8H,3-6,9-10H2,1-2H3. The highest BCUT2D eigenvalue weighted by molar-refractivity contribution is 6.32. The first kappa shape index (κ1) is 15.9. The minimum absolute atomic E-state index is 0.236. The van der Waals surface area contributed by atoms with Crippen molar-refractivity contribution in [2.24, 2.45) is 0 Å². The van der Waals surface area contributed by atoms with Crippen LogP contribution in [0.4, 0.5) is 0 Å². The zero-order valence-corrected chi connectivity index (χ0v) is 13.1. The van der Waals surface area contributed by atoms with Gasteiger partial charge in [0, 0.05) is 13.0 Å². The maximum absolute atomic E-state index is 11.5. The summed E-state index contributed by atoms with van der Waals surface area (Å²) < 4.78 is 16.2. The zero-order valence-electron chi connectivity index (χ0n) is 12.4. The van der Waals surface area contributed by atoms with Crippen LogP contribution in [0, 0.1) is 0 Å². The van der Waals surface area contributed by atoms with Crippen LogP contribution in [0.25, 0.3) is 0 Å². The monoisotopic (exact) mass is 313 g/mol. The number of rotatable bonds is 5. The van der Waals surface area contributed by atoms with Crippen molar-refractivity contribution in [1.82, 2.24) is 4.90 Å². The van der Waals surface area contributed by atoms with Crippen molar-refractivity contribution in [3.8, 4) is 11.5 Å². The summed E-state index contributed by atoms with van der Waals surface area (Å²) in [5.41, 5.74) is 0.969. The summed E-state index contributed by atoms with van der Waals surface area (Å²) in [6.45, 7) is 4.22. The fourth-order valence-electron chi connectivity index (χ4n) is 2.17. The number of carbonyl (C=O) groups is 1. The Hall–Kier alpha value is -1.46. The Morgan fingerprint density at radius 2 is 2.14 bits per heavy atom. The topological polar surface area (TPSA) is 48.0 Å². The Morgan fingerprint density at radius 1 is 1.38 bits per heavy atom. The van der Waals surface area contributed by atoms with E-state index in [1.807, 2.05) is 24.1 Å². The van der Waals surface area contributed by atoms with Crippen molar-refractivity contribution >= 4 is 17.6 Å². The normalized spacial score (nSPS) is 13.9. The van der Waals surface area contributed by atoms with Crippen molar-refractivity contribution in [1.29, 1.82) is 0 Å². The van der Waals surface area contributed by atoms with E-state index in [1.165, 1.54) is 0 Å². The van der Waals surface area contributed by atoms with Crippen molar-refractivity contribution in [3.05, 3.63) is 22.7 Å². The van der Waals surface area contributed by atoms with Gasteiger partial charge in [-0.3, -0.25) is 9.69 Å². The fourth-order valence-corrected chi connectivity index (χ4v) is 2.46. The number of fused-ring (bicyclic) bond motifs is 1. The quantitative estimate of drug-likeness (QED) is 0.782. The van der Waals surface area contributed by atoms with Crippen LogP contribution in [-0.4, -0.2) is 44.3 Å². The second kappa shape index (κ2) is 7.52. The lowest BCUT2D eigenvalue weighted by molar-refractivity contribution is -0.144. The number of ether oxygens (including phenoxy) is 3. The van der Waals surface area contributed by atoms with Gasteiger partial charge in [-0.15, -0.1) is 0 Å². The summed E-state index contributed by atoms with van der Waals surface area (Å²) in [7, 11) is 1.86. The lowest BCUT2D eigenvalue weighted by atomic mass is 10.2. The molecule has 0 N–H and O–H groups in total. The molecule has 1 aliphatic rings. The lowest BCUT2D eigenvalue weighted by Crippen LogP contribution is -2.27. The summed E-state index contributed by atoms with van der Waals surface area (Å²) >= 11 is 6.24. The molecule has 1 aromatic rings. The number of likely N-dealkylation sites (N-methyl/N-ethyl adjacent to an activating group) is 1. The Kier molecular flexibility index (Phi) is 5.70. The van der Waals surface area contributed by atoms with Gasteiger partial charge in [0.05, 0.1) is 31.4 Å². The predicted octanol–water partition coefficient (Wildman–Crippen LogP) is 2.50. The van der Waals surface area contributed by atoms with Crippen LogP contribution in [0.5, 0.6) is 11.5 Å². The smallest absolute Gasteiger partial charge is 0.320 e. The Labute approximate surface area is 129 Å². The molecule has 0 aliphatic carbocycles. The van der Waals surface area contributed by atoms with E-state index in [0.717, 1.165) is 12.0 Å². The van der Waals surface area contributed by atoms with Gasteiger partial charge in [-0.1, -0.05) is 11.6 Å². The largest absolute Gasteiger partial charge is 0.489 e. The van der Waals surface area contributed by atoms with E-state index in [2.05, 4.69) is 0 Å². The molecule has 0 spiro atoms. The third-order valence-electron chi connectivity index (χ3n) is 3.02. The molecule has 0 saturated heterocycles. The highest BCUT2D eigenvalue weighted by atomic mass is 35.5. The molecule has 1 heterocycles. The molecule has 21 heavy (non-hydrogen) atoms. The van der Waals surface area contributed by atoms with Gasteiger partial charge < -0.3 is 14.2 Å². The molecule has 0 atom stereocenters. The number of hydrogen-bond acceptors (Lipinski definition) is 5. The SMILES string of the molecule is CCOC(=O)CN(C)Cc1cc(Cl)c2c(c1)OCCCO2. The molecule has 1 aliphatic heterocycles. The zero-order chi connectivity index (χ0) is 15.2. The maximum atomic E-state index is 11.5. The highest BCUT2D eigenvalue weighted by Gasteiger charge is 2.16. The van der Waals surface area contributed by atoms with E-state index in [1.54, 1.807) is 6.92 Å². The van der Waals surface area contributed by atoms with Crippen LogP contribution in [0.2, 0.25) is 5.02 Å². The Bertz CT molecular complexity index is 507. The van der Waals surface area contributed by atoms with Gasteiger partial charge in [0.15, 0.2) is 11.5 Å². The first-order chi connectivity index (χ1) is 10.1. The molecule has 0 saturated carbocycles. The van der Waals surface area contributed by atoms with Gasteiger partial charge in [-0.25, -0.2) is 0 Å². The first-order valence-corrected chi connectivity index (χ1v) is 7.40. The Morgan fingerprint density at radius 3 is 2.90 bits per heavy atom. The maximum Gasteiger partial charge on any atom is 0.320 e. The van der Waals surface area contributed by atoms with Crippen LogP contribution >= 0.6 is 11.6 Å². The van der Waals surface area contributed by atoms with Crippen LogP contribution in [0.15, 0.2) is 12.1 Å². The van der Waals surface area contributed by atoms with Gasteiger partial charge in [-0.2, -0.15) is 0 Å². The molecule has 6 heteroatoms. The molecule has 116 valence electrons. The van der Waals surface area contributed by atoms with E-state index in [9.17, 15) is 4.79 Å². The molecule has 1 aromatic carbocycles. The predicted molar refractivity (Wildman–Crippen MR) is 80.0 cm³/mol. The van der Waals surface area contributed by atoms with Gasteiger partial charge in [0.1, 0.15) is 0 Å². The minimum atomic E-state index is -0.236. The number of halogens is 1. The highest BCUT2D eigenvalue weighted by Crippen LogP contribution is 2.38. The van der Waals surface area contributed by atoms with Crippen LogP contribution in [0.1, 0.15) is 18.9 Å². The molecule has 0 unspecified atom stereocenters. The summed E-state index contributed by atoms with van der Waals surface area (Å²) in [6, 6.07) is 3.75. The molecule has 2 rings (SSSR count). The number of carbonyl (C=O) groups excluding carboxylic acids is 1. The van der Waals surface area contributed by atoms with Crippen LogP contribution in [-0.2, 0) is 16.1 Å². The summed E-state index contributed by atoms with van der Waals surface area (Å²) in [5.74, 6) is 1.03. The second-order valence-corrected chi connectivity index (χ2v) is 5.34. The molecule has 0 amide bonds. The third kappa shape index (κ3) is 4.51. The van der Waals surface area contributed by atoms with Gasteiger partial charge in [0.25, 0.3) is 0 Å². The number of esters is 1. The summed E-state index contributed by atoms with van der Waals surface area (Å²) in [5, 5.41) is 0.536. The summed E-state index contributed by atoms with van der Waals surface area (Å²) in [6.07, 6.45) is 0.836. The molecule has 0 aromatic heterocycles. The average molecular weight is 314 g/mol. The number of hydrogen-bond donors (Lipinski definition) is 0.